The number of hydrogen-bond acceptors (Lipinski definition) is 4. The lowest BCUT2D eigenvalue weighted by molar-refractivity contribution is -0.148. The number of hydrogen-bond donors (Lipinski definition) is 1. The highest BCUT2D eigenvalue weighted by Crippen LogP contribution is 2.25. The standard InChI is InChI=1S/C19H31BrN4O3/c1-12-10-22(17(27)14(25)18(2,3)4)8-9-23(12)16(26)13-11-24(19(5,6)7)21-15(13)20/h11-12,14,25H,8-10H2,1-7H3. The van der Waals surface area contributed by atoms with Gasteiger partial charge in [-0.3, -0.25) is 14.3 Å². The van der Waals surface area contributed by atoms with Gasteiger partial charge in [-0.25, -0.2) is 0 Å². The highest BCUT2D eigenvalue weighted by molar-refractivity contribution is 9.10. The summed E-state index contributed by atoms with van der Waals surface area (Å²) in [6, 6.07) is -0.146. The second kappa shape index (κ2) is 7.54. The van der Waals surface area contributed by atoms with Gasteiger partial charge in [-0.05, 0) is 49.0 Å². The molecule has 0 bridgehead atoms. The summed E-state index contributed by atoms with van der Waals surface area (Å²) in [5.41, 5.74) is -0.216. The maximum atomic E-state index is 13.0. The quantitative estimate of drug-likeness (QED) is 0.762. The molecular weight excluding hydrogens is 412 g/mol. The van der Waals surface area contributed by atoms with E-state index in [0.717, 1.165) is 0 Å². The van der Waals surface area contributed by atoms with Crippen LogP contribution in [-0.4, -0.2) is 68.3 Å². The Kier molecular flexibility index (Phi) is 6.11. The summed E-state index contributed by atoms with van der Waals surface area (Å²) in [5.74, 6) is -0.378. The molecule has 1 aromatic rings. The van der Waals surface area contributed by atoms with Crippen LogP contribution >= 0.6 is 15.9 Å². The predicted octanol–water partition coefficient (Wildman–Crippen LogP) is 2.48. The summed E-state index contributed by atoms with van der Waals surface area (Å²) in [6.07, 6.45) is 0.714. The number of nitrogens with zero attached hydrogens (tertiary/aromatic N) is 4. The minimum absolute atomic E-state index is 0.103. The van der Waals surface area contributed by atoms with Gasteiger partial charge >= 0.3 is 0 Å². The molecule has 0 aliphatic carbocycles. The van der Waals surface area contributed by atoms with Crippen LogP contribution in [0.25, 0.3) is 0 Å². The van der Waals surface area contributed by atoms with Gasteiger partial charge in [0.2, 0.25) is 0 Å². The molecule has 8 heteroatoms. The molecule has 1 aromatic heterocycles. The topological polar surface area (TPSA) is 78.7 Å². The summed E-state index contributed by atoms with van der Waals surface area (Å²) >= 11 is 3.40. The monoisotopic (exact) mass is 442 g/mol. The molecule has 0 aromatic carbocycles. The molecule has 0 spiro atoms. The van der Waals surface area contributed by atoms with Crippen molar-refractivity contribution in [1.29, 1.82) is 0 Å². The van der Waals surface area contributed by atoms with E-state index in [9.17, 15) is 14.7 Å². The maximum absolute atomic E-state index is 13.0. The van der Waals surface area contributed by atoms with Crippen molar-refractivity contribution in [3.63, 3.8) is 0 Å². The van der Waals surface area contributed by atoms with E-state index >= 15 is 0 Å². The number of halogens is 1. The van der Waals surface area contributed by atoms with Crippen LogP contribution in [0, 0.1) is 5.41 Å². The van der Waals surface area contributed by atoms with Gasteiger partial charge in [0.05, 0.1) is 11.1 Å². The third-order valence-electron chi connectivity index (χ3n) is 4.84. The lowest BCUT2D eigenvalue weighted by Crippen LogP contribution is -2.58. The Bertz CT molecular complexity index is 718. The molecule has 1 aliphatic rings. The van der Waals surface area contributed by atoms with Crippen LogP contribution in [0.1, 0.15) is 58.8 Å². The smallest absolute Gasteiger partial charge is 0.258 e. The first-order valence-electron chi connectivity index (χ1n) is 9.27. The highest BCUT2D eigenvalue weighted by Gasteiger charge is 2.37. The van der Waals surface area contributed by atoms with Crippen LogP contribution in [0.15, 0.2) is 10.8 Å². The van der Waals surface area contributed by atoms with E-state index in [4.69, 9.17) is 0 Å². The van der Waals surface area contributed by atoms with Crippen molar-refractivity contribution >= 4 is 27.7 Å². The Balaban J connectivity index is 2.12. The molecule has 1 saturated heterocycles. The van der Waals surface area contributed by atoms with E-state index < -0.39 is 11.5 Å². The number of piperazine rings is 1. The molecule has 2 atom stereocenters. The number of aliphatic hydroxyl groups is 1. The lowest BCUT2D eigenvalue weighted by atomic mass is 9.88. The van der Waals surface area contributed by atoms with E-state index in [2.05, 4.69) is 21.0 Å². The minimum Gasteiger partial charge on any atom is -0.383 e. The van der Waals surface area contributed by atoms with Crippen LogP contribution in [0.2, 0.25) is 0 Å². The number of rotatable bonds is 2. The Hall–Kier alpha value is -1.41. The van der Waals surface area contributed by atoms with Gasteiger partial charge in [0.25, 0.3) is 11.8 Å². The lowest BCUT2D eigenvalue weighted by Gasteiger charge is -2.41. The fraction of sp³-hybridized carbons (Fsp3) is 0.737. The first kappa shape index (κ1) is 21.9. The second-order valence-electron chi connectivity index (χ2n) is 9.35. The molecule has 152 valence electrons. The average Bonchev–Trinajstić information content (AvgIpc) is 2.94. The van der Waals surface area contributed by atoms with Crippen LogP contribution in [0.5, 0.6) is 0 Å². The van der Waals surface area contributed by atoms with Crippen LogP contribution in [0.4, 0.5) is 0 Å². The number of aliphatic hydroxyl groups excluding tert-OH is 1. The van der Waals surface area contributed by atoms with Crippen molar-refractivity contribution in [3.8, 4) is 0 Å². The first-order chi connectivity index (χ1) is 12.2. The molecule has 1 fully saturated rings. The van der Waals surface area contributed by atoms with Crippen LogP contribution in [-0.2, 0) is 10.3 Å². The summed E-state index contributed by atoms with van der Waals surface area (Å²) < 4.78 is 2.30. The fourth-order valence-electron chi connectivity index (χ4n) is 3.00. The van der Waals surface area contributed by atoms with Crippen molar-refractivity contribution < 1.29 is 14.7 Å². The van der Waals surface area contributed by atoms with E-state index in [0.29, 0.717) is 29.8 Å². The van der Waals surface area contributed by atoms with Gasteiger partial charge in [-0.1, -0.05) is 20.8 Å². The van der Waals surface area contributed by atoms with Crippen molar-refractivity contribution in [2.45, 2.75) is 66.2 Å². The van der Waals surface area contributed by atoms with Crippen molar-refractivity contribution in [1.82, 2.24) is 19.6 Å². The number of aromatic nitrogens is 2. The normalized spacial score (nSPS) is 20.0. The summed E-state index contributed by atoms with van der Waals surface area (Å²) in [6.45, 7) is 14.7. The van der Waals surface area contributed by atoms with E-state index in [1.54, 1.807) is 20.7 Å². The molecule has 0 radical (unpaired) electrons. The van der Waals surface area contributed by atoms with Gasteiger partial charge in [0.15, 0.2) is 0 Å². The molecule has 2 amide bonds. The molecule has 2 rings (SSSR count). The first-order valence-corrected chi connectivity index (χ1v) is 10.1. The van der Waals surface area contributed by atoms with Gasteiger partial charge in [-0.15, -0.1) is 0 Å². The molecule has 2 heterocycles. The van der Waals surface area contributed by atoms with E-state index in [-0.39, 0.29) is 23.4 Å². The Morgan fingerprint density at radius 2 is 1.81 bits per heavy atom. The molecule has 27 heavy (non-hydrogen) atoms. The van der Waals surface area contributed by atoms with Gasteiger partial charge in [0.1, 0.15) is 10.7 Å². The Labute approximate surface area is 169 Å². The van der Waals surface area contributed by atoms with Crippen LogP contribution < -0.4 is 0 Å². The third kappa shape index (κ3) is 4.71. The number of carbonyl (C=O) groups is 2. The fourth-order valence-corrected chi connectivity index (χ4v) is 3.44. The van der Waals surface area contributed by atoms with Crippen LogP contribution in [0.3, 0.4) is 0 Å². The zero-order valence-corrected chi connectivity index (χ0v) is 18.9. The SMILES string of the molecule is CC1CN(C(=O)C(O)C(C)(C)C)CCN1C(=O)c1cn(C(C)(C)C)nc1Br. The number of amides is 2. The highest BCUT2D eigenvalue weighted by atomic mass is 79.9. The molecule has 1 N–H and O–H groups in total. The van der Waals surface area contributed by atoms with Crippen molar-refractivity contribution in [3.05, 3.63) is 16.4 Å². The second-order valence-corrected chi connectivity index (χ2v) is 10.1. The number of carbonyl (C=O) groups excluding carboxylic acids is 2. The van der Waals surface area contributed by atoms with E-state index in [1.165, 1.54) is 0 Å². The zero-order valence-electron chi connectivity index (χ0n) is 17.3. The zero-order chi connectivity index (χ0) is 20.7. The third-order valence-corrected chi connectivity index (χ3v) is 5.43. The average molecular weight is 443 g/mol. The van der Waals surface area contributed by atoms with Gasteiger partial charge < -0.3 is 14.9 Å². The Morgan fingerprint density at radius 3 is 2.26 bits per heavy atom. The molecule has 0 saturated carbocycles. The Morgan fingerprint density at radius 1 is 1.22 bits per heavy atom. The minimum atomic E-state index is -1.05. The molecule has 1 aliphatic heterocycles. The summed E-state index contributed by atoms with van der Waals surface area (Å²) in [5, 5.41) is 14.7. The maximum Gasteiger partial charge on any atom is 0.258 e. The summed E-state index contributed by atoms with van der Waals surface area (Å²) in [7, 11) is 0. The van der Waals surface area contributed by atoms with Crippen molar-refractivity contribution in [2.75, 3.05) is 19.6 Å². The molecule has 2 unspecified atom stereocenters. The largest absolute Gasteiger partial charge is 0.383 e. The van der Waals surface area contributed by atoms with Gasteiger partial charge in [0, 0.05) is 31.9 Å². The van der Waals surface area contributed by atoms with Crippen molar-refractivity contribution in [2.24, 2.45) is 5.41 Å². The predicted molar refractivity (Wildman–Crippen MR) is 107 cm³/mol. The molecular formula is C19H31BrN4O3. The summed E-state index contributed by atoms with van der Waals surface area (Å²) in [4.78, 5) is 29.0. The van der Waals surface area contributed by atoms with Gasteiger partial charge in [-0.2, -0.15) is 5.10 Å². The van der Waals surface area contributed by atoms with E-state index in [1.807, 2.05) is 48.5 Å². The molecule has 7 nitrogen and oxygen atoms in total.